The van der Waals surface area contributed by atoms with Gasteiger partial charge < -0.3 is 4.74 Å². The number of nitrogens with one attached hydrogen (secondary N) is 1. The molecule has 1 aliphatic carbocycles. The van der Waals surface area contributed by atoms with Crippen molar-refractivity contribution in [2.75, 3.05) is 6.61 Å². The lowest BCUT2D eigenvalue weighted by Crippen LogP contribution is -2.20. The van der Waals surface area contributed by atoms with E-state index in [9.17, 15) is 4.79 Å². The lowest BCUT2D eigenvalue weighted by Gasteiger charge is -2.10. The van der Waals surface area contributed by atoms with Crippen LogP contribution in [0.3, 0.4) is 0 Å². The summed E-state index contributed by atoms with van der Waals surface area (Å²) in [6.07, 6.45) is 13.7. The van der Waals surface area contributed by atoms with Crippen LogP contribution in [-0.2, 0) is 0 Å². The highest BCUT2D eigenvalue weighted by molar-refractivity contribution is 5.95. The van der Waals surface area contributed by atoms with Gasteiger partial charge in [0.15, 0.2) is 0 Å². The predicted octanol–water partition coefficient (Wildman–Crippen LogP) is 6.11. The molecule has 4 heteroatoms. The van der Waals surface area contributed by atoms with E-state index < -0.39 is 0 Å². The highest BCUT2D eigenvalue weighted by atomic mass is 16.5. The number of hydrazone groups is 1. The second-order valence-corrected chi connectivity index (χ2v) is 8.03. The Hall–Kier alpha value is -1.84. The molecule has 150 valence electrons. The first-order valence-electron chi connectivity index (χ1n) is 10.7. The minimum Gasteiger partial charge on any atom is -0.493 e. The standard InChI is InChI=1S/C23H36N2O2/c1-19(2)18-27-22-16-14-20(15-17-22)23(26)25-24-21-12-10-8-6-4-3-5-7-9-11-13-21/h14-17,19H,3-13,18H2,1-2H3,(H,25,26). The summed E-state index contributed by atoms with van der Waals surface area (Å²) in [7, 11) is 0. The lowest BCUT2D eigenvalue weighted by atomic mass is 10.00. The van der Waals surface area contributed by atoms with E-state index in [0.717, 1.165) is 24.3 Å². The third-order valence-electron chi connectivity index (χ3n) is 4.95. The molecule has 2 rings (SSSR count). The van der Waals surface area contributed by atoms with Crippen molar-refractivity contribution in [1.82, 2.24) is 5.43 Å². The number of benzene rings is 1. The van der Waals surface area contributed by atoms with Gasteiger partial charge in [-0.1, -0.05) is 58.8 Å². The van der Waals surface area contributed by atoms with Crippen LogP contribution in [0.1, 0.15) is 94.8 Å². The van der Waals surface area contributed by atoms with Crippen LogP contribution in [0.4, 0.5) is 0 Å². The fourth-order valence-corrected chi connectivity index (χ4v) is 3.29. The number of amides is 1. The van der Waals surface area contributed by atoms with Crippen LogP contribution in [0.25, 0.3) is 0 Å². The molecule has 0 heterocycles. The fourth-order valence-electron chi connectivity index (χ4n) is 3.29. The molecule has 0 radical (unpaired) electrons. The first kappa shape index (κ1) is 21.5. The summed E-state index contributed by atoms with van der Waals surface area (Å²) in [4.78, 5) is 12.4. The smallest absolute Gasteiger partial charge is 0.271 e. The molecule has 1 N–H and O–H groups in total. The molecule has 0 spiro atoms. The fraction of sp³-hybridized carbons (Fsp3) is 0.652. The molecule has 0 atom stereocenters. The molecule has 0 aromatic heterocycles. The average molecular weight is 373 g/mol. The van der Waals surface area contributed by atoms with Crippen molar-refractivity contribution in [3.63, 3.8) is 0 Å². The van der Waals surface area contributed by atoms with Crippen LogP contribution >= 0.6 is 0 Å². The Morgan fingerprint density at radius 3 is 1.96 bits per heavy atom. The normalized spacial score (nSPS) is 16.9. The minimum atomic E-state index is -0.149. The van der Waals surface area contributed by atoms with Gasteiger partial charge in [0, 0.05) is 11.3 Å². The van der Waals surface area contributed by atoms with Crippen molar-refractivity contribution in [1.29, 1.82) is 0 Å². The van der Waals surface area contributed by atoms with E-state index in [4.69, 9.17) is 4.74 Å². The average Bonchev–Trinajstić information content (AvgIpc) is 2.66. The van der Waals surface area contributed by atoms with E-state index in [1.807, 2.05) is 12.1 Å². The highest BCUT2D eigenvalue weighted by Crippen LogP contribution is 2.16. The van der Waals surface area contributed by atoms with Crippen LogP contribution in [0.2, 0.25) is 0 Å². The van der Waals surface area contributed by atoms with Crippen molar-refractivity contribution >= 4 is 11.6 Å². The van der Waals surface area contributed by atoms with Gasteiger partial charge in [-0.05, 0) is 55.9 Å². The molecule has 1 amide bonds. The second-order valence-electron chi connectivity index (χ2n) is 8.03. The molecule has 1 aromatic rings. The maximum atomic E-state index is 12.4. The molecule has 1 fully saturated rings. The van der Waals surface area contributed by atoms with Crippen LogP contribution in [0.5, 0.6) is 5.75 Å². The summed E-state index contributed by atoms with van der Waals surface area (Å²) < 4.78 is 5.66. The van der Waals surface area contributed by atoms with Crippen LogP contribution in [0, 0.1) is 5.92 Å². The van der Waals surface area contributed by atoms with Crippen LogP contribution in [0.15, 0.2) is 29.4 Å². The van der Waals surface area contributed by atoms with Crippen molar-refractivity contribution in [3.05, 3.63) is 29.8 Å². The van der Waals surface area contributed by atoms with Gasteiger partial charge in [-0.2, -0.15) is 5.10 Å². The first-order chi connectivity index (χ1) is 13.1. The van der Waals surface area contributed by atoms with Crippen molar-refractivity contribution in [3.8, 4) is 5.75 Å². The molecular weight excluding hydrogens is 336 g/mol. The molecule has 27 heavy (non-hydrogen) atoms. The molecule has 4 nitrogen and oxygen atoms in total. The Kier molecular flexibility index (Phi) is 9.96. The van der Waals surface area contributed by atoms with Gasteiger partial charge in [-0.15, -0.1) is 0 Å². The van der Waals surface area contributed by atoms with Crippen LogP contribution < -0.4 is 10.2 Å². The highest BCUT2D eigenvalue weighted by Gasteiger charge is 2.07. The molecule has 1 aliphatic rings. The van der Waals surface area contributed by atoms with Crippen molar-refractivity contribution in [2.45, 2.75) is 84.5 Å². The van der Waals surface area contributed by atoms with Gasteiger partial charge in [-0.25, -0.2) is 5.43 Å². The van der Waals surface area contributed by atoms with Gasteiger partial charge in [0.1, 0.15) is 5.75 Å². The van der Waals surface area contributed by atoms with Crippen molar-refractivity contribution in [2.24, 2.45) is 11.0 Å². The summed E-state index contributed by atoms with van der Waals surface area (Å²) in [5.74, 6) is 1.13. The predicted molar refractivity (Wildman–Crippen MR) is 112 cm³/mol. The van der Waals surface area contributed by atoms with E-state index >= 15 is 0 Å². The third-order valence-corrected chi connectivity index (χ3v) is 4.95. The Labute approximate surface area is 164 Å². The summed E-state index contributed by atoms with van der Waals surface area (Å²) in [6, 6.07) is 7.29. The van der Waals surface area contributed by atoms with Gasteiger partial charge in [0.25, 0.3) is 5.91 Å². The zero-order valence-corrected chi connectivity index (χ0v) is 17.1. The molecule has 0 bridgehead atoms. The Balaban J connectivity index is 1.86. The summed E-state index contributed by atoms with van der Waals surface area (Å²) in [5.41, 5.74) is 4.51. The summed E-state index contributed by atoms with van der Waals surface area (Å²) in [5, 5.41) is 4.46. The zero-order valence-electron chi connectivity index (χ0n) is 17.1. The van der Waals surface area contributed by atoms with E-state index in [1.165, 1.54) is 57.8 Å². The molecule has 1 aromatic carbocycles. The monoisotopic (exact) mass is 372 g/mol. The second kappa shape index (κ2) is 12.5. The molecule has 0 unspecified atom stereocenters. The number of carbonyl (C=O) groups is 1. The number of nitrogens with zero attached hydrogens (tertiary/aromatic N) is 1. The molecule has 0 aliphatic heterocycles. The Bertz CT molecular complexity index is 565. The first-order valence-corrected chi connectivity index (χ1v) is 10.7. The molecule has 1 saturated carbocycles. The lowest BCUT2D eigenvalue weighted by molar-refractivity contribution is 0.0954. The number of carbonyl (C=O) groups excluding carboxylic acids is 1. The quantitative estimate of drug-likeness (QED) is 0.634. The van der Waals surface area contributed by atoms with E-state index in [2.05, 4.69) is 24.4 Å². The maximum Gasteiger partial charge on any atom is 0.271 e. The molecular formula is C23H36N2O2. The summed E-state index contributed by atoms with van der Waals surface area (Å²) in [6.45, 7) is 4.91. The van der Waals surface area contributed by atoms with E-state index in [1.54, 1.807) is 12.1 Å². The SMILES string of the molecule is CC(C)COc1ccc(C(=O)NN=C2CCCCCCCCCCC2)cc1. The minimum absolute atomic E-state index is 0.149. The van der Waals surface area contributed by atoms with E-state index in [-0.39, 0.29) is 5.91 Å². The largest absolute Gasteiger partial charge is 0.493 e. The van der Waals surface area contributed by atoms with Gasteiger partial charge >= 0.3 is 0 Å². The number of hydrogen-bond acceptors (Lipinski definition) is 3. The van der Waals surface area contributed by atoms with Gasteiger partial charge in [-0.3, -0.25) is 4.79 Å². The summed E-state index contributed by atoms with van der Waals surface area (Å²) >= 11 is 0. The van der Waals surface area contributed by atoms with Gasteiger partial charge in [0.05, 0.1) is 6.61 Å². The molecule has 0 saturated heterocycles. The third kappa shape index (κ3) is 9.07. The Morgan fingerprint density at radius 2 is 1.44 bits per heavy atom. The van der Waals surface area contributed by atoms with Gasteiger partial charge in [0.2, 0.25) is 0 Å². The number of ether oxygens (including phenoxy) is 1. The maximum absolute atomic E-state index is 12.4. The van der Waals surface area contributed by atoms with Crippen LogP contribution in [-0.4, -0.2) is 18.2 Å². The Morgan fingerprint density at radius 1 is 0.926 bits per heavy atom. The zero-order chi connectivity index (χ0) is 19.3. The van der Waals surface area contributed by atoms with E-state index in [0.29, 0.717) is 18.1 Å². The number of hydrogen-bond donors (Lipinski definition) is 1. The number of rotatable bonds is 5. The topological polar surface area (TPSA) is 50.7 Å². The van der Waals surface area contributed by atoms with Crippen molar-refractivity contribution < 1.29 is 9.53 Å².